The average Bonchev–Trinajstić information content (AvgIpc) is 3.65. The minimum absolute atomic E-state index is 0.0563. The first-order chi connectivity index (χ1) is 19.8. The number of piperidine rings is 1. The molecule has 3 amide bonds. The maximum absolute atomic E-state index is 12.4. The molecule has 15 heteroatoms. The van der Waals surface area contributed by atoms with Gasteiger partial charge in [-0.3, -0.25) is 14.2 Å². The Morgan fingerprint density at radius 1 is 1.22 bits per heavy atom. The highest BCUT2D eigenvalue weighted by atomic mass is 16.6. The molecule has 0 saturated carbocycles. The predicted octanol–water partition coefficient (Wildman–Crippen LogP) is -0.529. The summed E-state index contributed by atoms with van der Waals surface area (Å²) in [6.07, 6.45) is 0.674. The number of nitrogens with zero attached hydrogens (tertiary/aromatic N) is 5. The van der Waals surface area contributed by atoms with Crippen molar-refractivity contribution in [3.63, 3.8) is 0 Å². The summed E-state index contributed by atoms with van der Waals surface area (Å²) in [7, 11) is 0. The number of carbonyl (C=O) groups is 3. The van der Waals surface area contributed by atoms with Crippen LogP contribution in [0.4, 0.5) is 10.6 Å². The number of aliphatic hydroxyl groups is 2. The van der Waals surface area contributed by atoms with Crippen LogP contribution in [0.25, 0.3) is 11.2 Å². The van der Waals surface area contributed by atoms with E-state index in [1.54, 1.807) is 11.8 Å². The van der Waals surface area contributed by atoms with Crippen molar-refractivity contribution in [2.24, 2.45) is 11.8 Å². The molecule has 6 N–H and O–H groups in total. The maximum atomic E-state index is 12.4. The molecular formula is C26H38N8O7. The average molecular weight is 575 g/mol. The number of carbonyl (C=O) groups excluding carboxylic acids is 3. The van der Waals surface area contributed by atoms with Crippen LogP contribution in [0.5, 0.6) is 0 Å². The fourth-order valence-corrected chi connectivity index (χ4v) is 5.68. The molecule has 3 fully saturated rings. The van der Waals surface area contributed by atoms with Crippen LogP contribution in [0.15, 0.2) is 6.33 Å². The molecule has 0 bridgehead atoms. The van der Waals surface area contributed by atoms with Crippen LogP contribution < -0.4 is 16.4 Å². The number of aromatic nitrogens is 4. The first-order valence-electron chi connectivity index (χ1n) is 14.2. The topological polar surface area (TPSA) is 207 Å². The van der Waals surface area contributed by atoms with Gasteiger partial charge in [0.1, 0.15) is 30.2 Å². The lowest BCUT2D eigenvalue weighted by molar-refractivity contribution is -0.137. The molecule has 0 aromatic carbocycles. The number of aryl methyl sites for hydroxylation is 1. The Hall–Kier alpha value is -3.56. The lowest BCUT2D eigenvalue weighted by Crippen LogP contribution is -2.42. The minimum Gasteiger partial charge on any atom is -0.449 e. The van der Waals surface area contributed by atoms with Crippen molar-refractivity contribution < 1.29 is 34.1 Å². The van der Waals surface area contributed by atoms with E-state index < -0.39 is 30.4 Å². The lowest BCUT2D eigenvalue weighted by Gasteiger charge is -2.31. The number of hydrogen-bond acceptors (Lipinski definition) is 11. The number of likely N-dealkylation sites (N-methyl/N-ethyl adjacent to an activating group) is 1. The van der Waals surface area contributed by atoms with Gasteiger partial charge in [-0.1, -0.05) is 0 Å². The number of anilines is 1. The van der Waals surface area contributed by atoms with Crippen molar-refractivity contribution in [3.8, 4) is 0 Å². The number of amides is 3. The summed E-state index contributed by atoms with van der Waals surface area (Å²) in [6.45, 7) is 4.09. The fourth-order valence-electron chi connectivity index (χ4n) is 5.68. The van der Waals surface area contributed by atoms with Gasteiger partial charge >= 0.3 is 6.09 Å². The highest BCUT2D eigenvalue weighted by Gasteiger charge is 2.47. The zero-order chi connectivity index (χ0) is 29.1. The van der Waals surface area contributed by atoms with Crippen molar-refractivity contribution in [2.45, 2.75) is 70.0 Å². The van der Waals surface area contributed by atoms with Crippen molar-refractivity contribution in [3.05, 3.63) is 12.2 Å². The number of likely N-dealkylation sites (tertiary alicyclic amines) is 1. The number of nitrogen functional groups attached to an aromatic ring is 1. The quantitative estimate of drug-likeness (QED) is 0.257. The van der Waals surface area contributed by atoms with Crippen LogP contribution >= 0.6 is 0 Å². The van der Waals surface area contributed by atoms with Crippen LogP contribution in [0.3, 0.4) is 0 Å². The molecule has 5 heterocycles. The summed E-state index contributed by atoms with van der Waals surface area (Å²) in [5, 5.41) is 26.4. The third-order valence-electron chi connectivity index (χ3n) is 8.07. The zero-order valence-electron chi connectivity index (χ0n) is 23.1. The lowest BCUT2D eigenvalue weighted by atomic mass is 9.91. The molecule has 0 spiro atoms. The number of fused-ring (bicyclic) bond motifs is 1. The smallest absolute Gasteiger partial charge is 0.409 e. The van der Waals surface area contributed by atoms with Gasteiger partial charge in [-0.15, -0.1) is 0 Å². The van der Waals surface area contributed by atoms with Gasteiger partial charge in [-0.25, -0.2) is 19.7 Å². The van der Waals surface area contributed by atoms with Crippen LogP contribution in [-0.4, -0.2) is 104 Å². The van der Waals surface area contributed by atoms with Crippen molar-refractivity contribution in [1.82, 2.24) is 35.1 Å². The predicted molar refractivity (Wildman–Crippen MR) is 144 cm³/mol. The van der Waals surface area contributed by atoms with Crippen LogP contribution in [0, 0.1) is 11.8 Å². The number of aliphatic hydroxyl groups excluding tert-OH is 2. The van der Waals surface area contributed by atoms with Gasteiger partial charge in [-0.05, 0) is 44.9 Å². The summed E-state index contributed by atoms with van der Waals surface area (Å²) in [5.41, 5.74) is 6.85. The van der Waals surface area contributed by atoms with E-state index in [1.807, 2.05) is 0 Å². The van der Waals surface area contributed by atoms with Gasteiger partial charge in [0.2, 0.25) is 5.91 Å². The third kappa shape index (κ3) is 6.21. The Balaban J connectivity index is 1.13. The van der Waals surface area contributed by atoms with Crippen LogP contribution in [-0.2, 0) is 25.5 Å². The molecule has 3 aliphatic heterocycles. The molecule has 224 valence electrons. The van der Waals surface area contributed by atoms with Gasteiger partial charge in [0.15, 0.2) is 23.8 Å². The Morgan fingerprint density at radius 2 is 2.00 bits per heavy atom. The number of rotatable bonds is 9. The summed E-state index contributed by atoms with van der Waals surface area (Å²) in [5.74, 6) is 0.333. The number of ether oxygens (including phenoxy) is 2. The second kappa shape index (κ2) is 12.5. The SMILES string of the molecule is CCNC(=O)[C@H]1O[C@@H](n2cnc3c(N)nc(CCCC4CCN(C(=O)OCC5CCNC5=O)CC4)nc32)[C@@H](O)C1O. The Bertz CT molecular complexity index is 1260. The maximum Gasteiger partial charge on any atom is 0.409 e. The van der Waals surface area contributed by atoms with E-state index in [0.29, 0.717) is 61.9 Å². The van der Waals surface area contributed by atoms with Crippen LogP contribution in [0.1, 0.15) is 51.1 Å². The minimum atomic E-state index is -1.41. The first kappa shape index (κ1) is 29.0. The molecule has 3 saturated heterocycles. The van der Waals surface area contributed by atoms with E-state index >= 15 is 0 Å². The summed E-state index contributed by atoms with van der Waals surface area (Å²) in [4.78, 5) is 51.3. The molecule has 0 radical (unpaired) electrons. The van der Waals surface area contributed by atoms with Gasteiger partial charge in [0.25, 0.3) is 5.91 Å². The van der Waals surface area contributed by atoms with Crippen molar-refractivity contribution in [1.29, 1.82) is 0 Å². The van der Waals surface area contributed by atoms with E-state index in [2.05, 4.69) is 25.6 Å². The monoisotopic (exact) mass is 574 g/mol. The number of hydrogen-bond donors (Lipinski definition) is 5. The van der Waals surface area contributed by atoms with Gasteiger partial charge in [-0.2, -0.15) is 0 Å². The standard InChI is InChI=1S/C26H38N8O7/c1-2-28-24(38)20-18(35)19(36)25(41-20)34-13-30-17-21(27)31-16(32-22(17)34)5-3-4-14-7-10-33(11-8-14)26(39)40-12-15-6-9-29-23(15)37/h13-15,18-20,25,35-36H,2-12H2,1H3,(H,28,38)(H,29,37)(H2,27,31,32)/t15?,18?,19-,20-,25+/m0/s1. The first-order valence-corrected chi connectivity index (χ1v) is 14.2. The Kier molecular flexibility index (Phi) is 8.85. The third-order valence-corrected chi connectivity index (χ3v) is 8.07. The summed E-state index contributed by atoms with van der Waals surface area (Å²) in [6, 6.07) is 0. The van der Waals surface area contributed by atoms with Gasteiger partial charge in [0, 0.05) is 32.6 Å². The molecule has 5 atom stereocenters. The second-order valence-electron chi connectivity index (χ2n) is 10.8. The van der Waals surface area contributed by atoms with Crippen molar-refractivity contribution in [2.75, 3.05) is 38.5 Å². The normalized spacial score (nSPS) is 26.9. The van der Waals surface area contributed by atoms with Crippen LogP contribution in [0.2, 0.25) is 0 Å². The summed E-state index contributed by atoms with van der Waals surface area (Å²) >= 11 is 0. The molecule has 2 aromatic rings. The highest BCUT2D eigenvalue weighted by molar-refractivity contribution is 5.83. The molecule has 5 rings (SSSR count). The van der Waals surface area contributed by atoms with E-state index in [1.165, 1.54) is 10.9 Å². The van der Waals surface area contributed by atoms with Gasteiger partial charge < -0.3 is 41.0 Å². The van der Waals surface area contributed by atoms with Gasteiger partial charge in [0.05, 0.1) is 12.2 Å². The van der Waals surface area contributed by atoms with E-state index in [0.717, 1.165) is 25.7 Å². The number of imidazole rings is 1. The second-order valence-corrected chi connectivity index (χ2v) is 10.8. The van der Waals surface area contributed by atoms with Crippen molar-refractivity contribution >= 4 is 34.9 Å². The fraction of sp³-hybridized carbons (Fsp3) is 0.692. The largest absolute Gasteiger partial charge is 0.449 e. The number of nitrogens with two attached hydrogens (primary N) is 1. The molecule has 3 aliphatic rings. The molecule has 2 unspecified atom stereocenters. The molecule has 2 aromatic heterocycles. The molecule has 41 heavy (non-hydrogen) atoms. The Morgan fingerprint density at radius 3 is 2.71 bits per heavy atom. The molecular weight excluding hydrogens is 536 g/mol. The van der Waals surface area contributed by atoms with E-state index in [9.17, 15) is 24.6 Å². The molecule has 0 aliphatic carbocycles. The highest BCUT2D eigenvalue weighted by Crippen LogP contribution is 2.32. The van der Waals surface area contributed by atoms with E-state index in [4.69, 9.17) is 15.2 Å². The molecule has 15 nitrogen and oxygen atoms in total. The number of nitrogens with one attached hydrogen (secondary N) is 2. The summed E-state index contributed by atoms with van der Waals surface area (Å²) < 4.78 is 12.6. The van der Waals surface area contributed by atoms with E-state index in [-0.39, 0.29) is 30.3 Å². The zero-order valence-corrected chi connectivity index (χ0v) is 23.1. The Labute approximate surface area is 236 Å².